The van der Waals surface area contributed by atoms with Crippen molar-refractivity contribution in [1.29, 1.82) is 0 Å². The van der Waals surface area contributed by atoms with Gasteiger partial charge in [-0.2, -0.15) is 0 Å². The highest BCUT2D eigenvalue weighted by Gasteiger charge is 2.03. The summed E-state index contributed by atoms with van der Waals surface area (Å²) in [6, 6.07) is 3.64. The fourth-order valence-corrected chi connectivity index (χ4v) is 1.14. The van der Waals surface area contributed by atoms with Crippen molar-refractivity contribution in [3.05, 3.63) is 24.2 Å². The molecular formula is C12H17NO3. The summed E-state index contributed by atoms with van der Waals surface area (Å²) < 4.78 is 10.4. The first-order valence-corrected chi connectivity index (χ1v) is 5.21. The van der Waals surface area contributed by atoms with E-state index in [0.717, 1.165) is 5.76 Å². The lowest BCUT2D eigenvalue weighted by molar-refractivity contribution is 0.0231. The zero-order valence-corrected chi connectivity index (χ0v) is 9.40. The minimum Gasteiger partial charge on any atom is -0.467 e. The standard InChI is InChI=1S/C12H17NO3/c1-2-3-6-13-8-11(14)9-15-10-12-5-4-7-16-12/h4-5,7,11,13-14H,6,8-10H2,1H3. The van der Waals surface area contributed by atoms with Crippen LogP contribution in [0.3, 0.4) is 0 Å². The summed E-state index contributed by atoms with van der Waals surface area (Å²) in [5.74, 6) is 6.38. The fraction of sp³-hybridized carbons (Fsp3) is 0.500. The van der Waals surface area contributed by atoms with Crippen LogP contribution < -0.4 is 5.32 Å². The van der Waals surface area contributed by atoms with Crippen LogP contribution in [0.5, 0.6) is 0 Å². The van der Waals surface area contributed by atoms with Crippen LogP contribution in [0.1, 0.15) is 12.7 Å². The summed E-state index contributed by atoms with van der Waals surface area (Å²) >= 11 is 0. The lowest BCUT2D eigenvalue weighted by atomic mass is 10.3. The average molecular weight is 223 g/mol. The van der Waals surface area contributed by atoms with E-state index in [0.29, 0.717) is 19.7 Å². The Morgan fingerprint density at radius 3 is 3.19 bits per heavy atom. The van der Waals surface area contributed by atoms with Gasteiger partial charge in [-0.25, -0.2) is 0 Å². The Bertz CT molecular complexity index is 324. The van der Waals surface area contributed by atoms with Crippen molar-refractivity contribution in [3.8, 4) is 11.8 Å². The van der Waals surface area contributed by atoms with Crippen LogP contribution in [-0.2, 0) is 11.3 Å². The number of hydrogen-bond acceptors (Lipinski definition) is 4. The number of aliphatic hydroxyl groups is 1. The number of furan rings is 1. The third kappa shape index (κ3) is 5.56. The Hall–Kier alpha value is -1.28. The van der Waals surface area contributed by atoms with Gasteiger partial charge in [-0.3, -0.25) is 0 Å². The fourth-order valence-electron chi connectivity index (χ4n) is 1.14. The van der Waals surface area contributed by atoms with E-state index in [9.17, 15) is 5.11 Å². The second-order valence-electron chi connectivity index (χ2n) is 3.31. The van der Waals surface area contributed by atoms with E-state index in [1.807, 2.05) is 6.07 Å². The van der Waals surface area contributed by atoms with Gasteiger partial charge >= 0.3 is 0 Å². The molecule has 0 aromatic carbocycles. The molecule has 1 aromatic heterocycles. The van der Waals surface area contributed by atoms with Gasteiger partial charge in [-0.05, 0) is 19.1 Å². The molecule has 0 spiro atoms. The maximum atomic E-state index is 9.51. The van der Waals surface area contributed by atoms with Gasteiger partial charge in [0.1, 0.15) is 12.4 Å². The molecule has 1 rings (SSSR count). The lowest BCUT2D eigenvalue weighted by Crippen LogP contribution is -2.30. The molecule has 16 heavy (non-hydrogen) atoms. The second-order valence-corrected chi connectivity index (χ2v) is 3.31. The van der Waals surface area contributed by atoms with Crippen molar-refractivity contribution >= 4 is 0 Å². The molecule has 0 aliphatic rings. The van der Waals surface area contributed by atoms with Crippen LogP contribution in [-0.4, -0.2) is 30.9 Å². The van der Waals surface area contributed by atoms with Crippen molar-refractivity contribution < 1.29 is 14.3 Å². The summed E-state index contributed by atoms with van der Waals surface area (Å²) in [6.07, 6.45) is 1.08. The predicted octanol–water partition coefficient (Wildman–Crippen LogP) is 0.770. The molecule has 0 aliphatic carbocycles. The molecule has 4 heteroatoms. The summed E-state index contributed by atoms with van der Waals surface area (Å²) in [4.78, 5) is 0. The maximum Gasteiger partial charge on any atom is 0.129 e. The molecule has 0 saturated carbocycles. The molecule has 1 aromatic rings. The largest absolute Gasteiger partial charge is 0.467 e. The van der Waals surface area contributed by atoms with Crippen molar-refractivity contribution in [2.24, 2.45) is 0 Å². The highest BCUT2D eigenvalue weighted by Crippen LogP contribution is 2.01. The SMILES string of the molecule is CC#CCNCC(O)COCc1ccco1. The third-order valence-electron chi connectivity index (χ3n) is 1.90. The van der Waals surface area contributed by atoms with Crippen molar-refractivity contribution in [2.45, 2.75) is 19.6 Å². The Balaban J connectivity index is 2.01. The summed E-state index contributed by atoms with van der Waals surface area (Å²) in [5, 5.41) is 12.5. The molecular weight excluding hydrogens is 206 g/mol. The highest BCUT2D eigenvalue weighted by molar-refractivity contribution is 4.97. The number of hydrogen-bond donors (Lipinski definition) is 2. The summed E-state index contributed by atoms with van der Waals surface area (Å²) in [7, 11) is 0. The van der Waals surface area contributed by atoms with Gasteiger partial charge in [0.25, 0.3) is 0 Å². The molecule has 1 unspecified atom stereocenters. The first-order chi connectivity index (χ1) is 7.83. The Labute approximate surface area is 95.6 Å². The van der Waals surface area contributed by atoms with Crippen LogP contribution in [0.4, 0.5) is 0 Å². The number of ether oxygens (including phenoxy) is 1. The Morgan fingerprint density at radius 2 is 2.50 bits per heavy atom. The van der Waals surface area contributed by atoms with Crippen LogP contribution in [0.25, 0.3) is 0 Å². The Morgan fingerprint density at radius 1 is 1.62 bits per heavy atom. The first kappa shape index (κ1) is 12.8. The Kier molecular flexibility index (Phi) is 6.35. The van der Waals surface area contributed by atoms with Crippen LogP contribution >= 0.6 is 0 Å². The first-order valence-electron chi connectivity index (χ1n) is 5.21. The van der Waals surface area contributed by atoms with Gasteiger partial charge in [0.2, 0.25) is 0 Å². The van der Waals surface area contributed by atoms with E-state index in [1.165, 1.54) is 0 Å². The zero-order valence-electron chi connectivity index (χ0n) is 9.40. The lowest BCUT2D eigenvalue weighted by Gasteiger charge is -2.10. The third-order valence-corrected chi connectivity index (χ3v) is 1.90. The summed E-state index contributed by atoms with van der Waals surface area (Å²) in [5.41, 5.74) is 0. The molecule has 0 saturated heterocycles. The van der Waals surface area contributed by atoms with E-state index in [2.05, 4.69) is 17.2 Å². The van der Waals surface area contributed by atoms with E-state index >= 15 is 0 Å². The molecule has 0 fully saturated rings. The van der Waals surface area contributed by atoms with Crippen molar-refractivity contribution in [3.63, 3.8) is 0 Å². The second kappa shape index (κ2) is 7.94. The molecule has 0 amide bonds. The molecule has 1 heterocycles. The van der Waals surface area contributed by atoms with Gasteiger partial charge < -0.3 is 19.6 Å². The van der Waals surface area contributed by atoms with E-state index in [-0.39, 0.29) is 6.61 Å². The van der Waals surface area contributed by atoms with Crippen LogP contribution in [0.2, 0.25) is 0 Å². The van der Waals surface area contributed by atoms with Crippen molar-refractivity contribution in [2.75, 3.05) is 19.7 Å². The smallest absolute Gasteiger partial charge is 0.129 e. The topological polar surface area (TPSA) is 54.6 Å². The number of nitrogens with one attached hydrogen (secondary N) is 1. The van der Waals surface area contributed by atoms with Crippen molar-refractivity contribution in [1.82, 2.24) is 5.32 Å². The van der Waals surface area contributed by atoms with Gasteiger partial charge in [-0.15, -0.1) is 5.92 Å². The molecule has 4 nitrogen and oxygen atoms in total. The minimum atomic E-state index is -0.520. The predicted molar refractivity (Wildman–Crippen MR) is 60.7 cm³/mol. The molecule has 0 aliphatic heterocycles. The van der Waals surface area contributed by atoms with Gasteiger partial charge in [0.05, 0.1) is 25.5 Å². The minimum absolute atomic E-state index is 0.285. The average Bonchev–Trinajstić information content (AvgIpc) is 2.77. The van der Waals surface area contributed by atoms with Crippen LogP contribution in [0.15, 0.2) is 22.8 Å². The molecule has 0 bridgehead atoms. The molecule has 88 valence electrons. The quantitative estimate of drug-likeness (QED) is 0.529. The molecule has 0 radical (unpaired) electrons. The van der Waals surface area contributed by atoms with Gasteiger partial charge in [0, 0.05) is 6.54 Å². The van der Waals surface area contributed by atoms with Gasteiger partial charge in [0.15, 0.2) is 0 Å². The molecule has 1 atom stereocenters. The van der Waals surface area contributed by atoms with E-state index in [1.54, 1.807) is 19.3 Å². The summed E-state index contributed by atoms with van der Waals surface area (Å²) in [6.45, 7) is 3.52. The number of aliphatic hydroxyl groups excluding tert-OH is 1. The van der Waals surface area contributed by atoms with E-state index < -0.39 is 6.10 Å². The normalized spacial score (nSPS) is 11.9. The monoisotopic (exact) mass is 223 g/mol. The van der Waals surface area contributed by atoms with Crippen LogP contribution in [0, 0.1) is 11.8 Å². The molecule has 2 N–H and O–H groups in total. The number of rotatable bonds is 7. The maximum absolute atomic E-state index is 9.51. The highest BCUT2D eigenvalue weighted by atomic mass is 16.5. The zero-order chi connectivity index (χ0) is 11.6. The van der Waals surface area contributed by atoms with E-state index in [4.69, 9.17) is 9.15 Å². The van der Waals surface area contributed by atoms with Gasteiger partial charge in [-0.1, -0.05) is 5.92 Å².